The van der Waals surface area contributed by atoms with Gasteiger partial charge in [0.2, 0.25) is 35.4 Å². The average molecular weight is 1350 g/mol. The molecule has 2 aliphatic rings. The van der Waals surface area contributed by atoms with E-state index in [1.807, 2.05) is 5.32 Å². The number of aliphatic carboxylic acids is 2. The van der Waals surface area contributed by atoms with Crippen molar-refractivity contribution in [1.82, 2.24) is 31.9 Å². The quantitative estimate of drug-likeness (QED) is 0.0231. The smallest absolute Gasteiger partial charge is 0.338 e. The number of nitrogens with one attached hydrogen (secondary N) is 6. The number of aliphatic hydroxyl groups is 2. The first-order valence-corrected chi connectivity index (χ1v) is 28.9. The molecule has 522 valence electrons. The molecular formula is C58H75N7O30. The summed E-state index contributed by atoms with van der Waals surface area (Å²) in [7, 11) is 0.936. The Morgan fingerprint density at radius 2 is 1.12 bits per heavy atom. The number of rotatable bonds is 34. The predicted molar refractivity (Wildman–Crippen MR) is 310 cm³/mol. The Morgan fingerprint density at radius 1 is 0.579 bits per heavy atom. The molecule has 2 aliphatic heterocycles. The molecule has 16 atom stereocenters. The third-order valence-electron chi connectivity index (χ3n) is 13.5. The van der Waals surface area contributed by atoms with E-state index in [-0.39, 0.29) is 11.1 Å². The summed E-state index contributed by atoms with van der Waals surface area (Å²) in [6.45, 7) is 1.20. The van der Waals surface area contributed by atoms with E-state index in [9.17, 15) is 92.3 Å². The summed E-state index contributed by atoms with van der Waals surface area (Å²) in [4.78, 5) is 193. The van der Waals surface area contributed by atoms with E-state index in [1.165, 1.54) is 48.5 Å². The van der Waals surface area contributed by atoms with Crippen molar-refractivity contribution in [3.8, 4) is 0 Å². The van der Waals surface area contributed by atoms with Crippen LogP contribution in [0.5, 0.6) is 0 Å². The average Bonchev–Trinajstić information content (AvgIpc) is 0.768. The minimum absolute atomic E-state index is 0.00935. The van der Waals surface area contributed by atoms with Gasteiger partial charge in [-0.2, -0.15) is 0 Å². The topological polar surface area (TPSA) is 537 Å². The molecule has 37 heteroatoms. The summed E-state index contributed by atoms with van der Waals surface area (Å²) in [6.07, 6.45) is -20.8. The van der Waals surface area contributed by atoms with Crippen molar-refractivity contribution in [1.29, 1.82) is 0 Å². The van der Waals surface area contributed by atoms with Gasteiger partial charge in [-0.05, 0) is 37.6 Å². The molecule has 2 aromatic carbocycles. The first-order valence-electron chi connectivity index (χ1n) is 28.9. The summed E-state index contributed by atoms with van der Waals surface area (Å²) in [5, 5.41) is 51.9. The molecule has 2 heterocycles. The summed E-state index contributed by atoms with van der Waals surface area (Å²) in [5.74, 6) is -17.5. The lowest BCUT2D eigenvalue weighted by atomic mass is 9.94. The van der Waals surface area contributed by atoms with E-state index in [4.69, 9.17) is 53.1 Å². The lowest BCUT2D eigenvalue weighted by Crippen LogP contribution is -2.69. The number of nitrogens with two attached hydrogens (primary N) is 1. The number of carboxylic acids is 2. The minimum atomic E-state index is -2.06. The number of amides is 6. The zero-order chi connectivity index (χ0) is 70.8. The van der Waals surface area contributed by atoms with E-state index in [1.54, 1.807) is 12.1 Å². The van der Waals surface area contributed by atoms with Crippen LogP contribution in [-0.4, -0.2) is 247 Å². The number of ether oxygens (including phenoxy) is 11. The maximum absolute atomic E-state index is 14.2. The van der Waals surface area contributed by atoms with Gasteiger partial charge in [-0.15, -0.1) is 0 Å². The van der Waals surface area contributed by atoms with Crippen LogP contribution in [0.1, 0.15) is 81.5 Å². The molecule has 37 nitrogen and oxygen atoms in total. The highest BCUT2D eigenvalue weighted by atomic mass is 16.8. The van der Waals surface area contributed by atoms with Crippen molar-refractivity contribution in [3.05, 3.63) is 71.8 Å². The fraction of sp³-hybridized carbons (Fsp3) is 0.534. The van der Waals surface area contributed by atoms with Crippen LogP contribution in [0.4, 0.5) is 0 Å². The Balaban J connectivity index is 1.66. The molecule has 2 aromatic rings. The van der Waals surface area contributed by atoms with Crippen LogP contribution in [0.15, 0.2) is 60.7 Å². The minimum Gasteiger partial charge on any atom is -0.481 e. The molecule has 0 aliphatic carbocycles. The molecular weight excluding hydrogens is 1270 g/mol. The number of hydrogen-bond acceptors (Lipinski definition) is 29. The summed E-state index contributed by atoms with van der Waals surface area (Å²) in [6, 6.07) is 3.47. The molecule has 0 aromatic heterocycles. The number of hydrogen-bond donors (Lipinski definition) is 11. The van der Waals surface area contributed by atoms with Crippen molar-refractivity contribution in [3.63, 3.8) is 0 Å². The van der Waals surface area contributed by atoms with Gasteiger partial charge in [0.25, 0.3) is 0 Å². The van der Waals surface area contributed by atoms with E-state index < -0.39 is 239 Å². The van der Waals surface area contributed by atoms with Crippen LogP contribution in [0.3, 0.4) is 0 Å². The molecule has 0 spiro atoms. The van der Waals surface area contributed by atoms with Crippen molar-refractivity contribution in [2.45, 2.75) is 158 Å². The van der Waals surface area contributed by atoms with Gasteiger partial charge in [0.1, 0.15) is 61.7 Å². The second-order valence-corrected chi connectivity index (χ2v) is 21.0. The van der Waals surface area contributed by atoms with E-state index in [2.05, 4.69) is 31.3 Å². The van der Waals surface area contributed by atoms with Gasteiger partial charge in [0.15, 0.2) is 43.0 Å². The lowest BCUT2D eigenvalue weighted by Gasteiger charge is -2.49. The molecule has 0 unspecified atom stereocenters. The number of esters is 7. The fourth-order valence-corrected chi connectivity index (χ4v) is 9.14. The van der Waals surface area contributed by atoms with Crippen LogP contribution in [0.2, 0.25) is 0 Å². The highest BCUT2D eigenvalue weighted by molar-refractivity contribution is 5.97. The van der Waals surface area contributed by atoms with Gasteiger partial charge in [-0.1, -0.05) is 36.4 Å². The second kappa shape index (κ2) is 37.8. The Labute approximate surface area is 540 Å². The fourth-order valence-electron chi connectivity index (χ4n) is 9.14. The SMILES string of the molecule is COC(=O)[C@@H](NC(=O)[C@H](CCC(=O)O)NC(=O)[C@H](CC(=O)O)NC(=O)CNC(=O)[C@H](CO)NC(=O)[C@@H](N)CO[C@@H]1O[C@H](COC(=O)c2ccccc2)[C@H](O[C@@H]2O[C@H](COC(C)=O)[C@H](OC(C)=O)[C@H](OC(C)=O)[C@H]2OC(C)=O)[C@H](OC(=O)c2ccccc2)[C@H]1NC(C)=O)[C@@H](C)O. The van der Waals surface area contributed by atoms with Crippen LogP contribution < -0.4 is 37.6 Å². The number of methoxy groups -OCH3 is 1. The number of carboxylic acid groups (broad SMARTS) is 2. The van der Waals surface area contributed by atoms with Crippen molar-refractivity contribution >= 4 is 89.2 Å². The zero-order valence-corrected chi connectivity index (χ0v) is 52.1. The van der Waals surface area contributed by atoms with Gasteiger partial charge in [0.05, 0.1) is 50.5 Å². The first-order chi connectivity index (χ1) is 44.8. The highest BCUT2D eigenvalue weighted by Gasteiger charge is 2.57. The molecule has 0 bridgehead atoms. The number of carbonyl (C=O) groups excluding carboxylic acids is 13. The highest BCUT2D eigenvalue weighted by Crippen LogP contribution is 2.35. The molecule has 95 heavy (non-hydrogen) atoms. The monoisotopic (exact) mass is 1350 g/mol. The zero-order valence-electron chi connectivity index (χ0n) is 52.1. The van der Waals surface area contributed by atoms with Gasteiger partial charge in [-0.3, -0.25) is 57.5 Å². The molecule has 0 saturated carbocycles. The van der Waals surface area contributed by atoms with Gasteiger partial charge in [-0.25, -0.2) is 14.4 Å². The number of carbonyl (C=O) groups is 15. The third-order valence-corrected chi connectivity index (χ3v) is 13.5. The molecule has 2 fully saturated rings. The molecule has 2 saturated heterocycles. The van der Waals surface area contributed by atoms with Crippen molar-refractivity contribution < 1.29 is 144 Å². The summed E-state index contributed by atoms with van der Waals surface area (Å²) in [5.41, 5.74) is 6.16. The Bertz CT molecular complexity index is 3060. The van der Waals surface area contributed by atoms with E-state index in [0.717, 1.165) is 48.7 Å². The van der Waals surface area contributed by atoms with Crippen LogP contribution >= 0.6 is 0 Å². The number of benzene rings is 2. The van der Waals surface area contributed by atoms with Crippen LogP contribution in [0.25, 0.3) is 0 Å². The first kappa shape index (κ1) is 77.7. The Morgan fingerprint density at radius 3 is 1.65 bits per heavy atom. The summed E-state index contributed by atoms with van der Waals surface area (Å²) >= 11 is 0. The van der Waals surface area contributed by atoms with E-state index in [0.29, 0.717) is 0 Å². The molecule has 0 radical (unpaired) electrons. The Hall–Kier alpha value is -9.79. The van der Waals surface area contributed by atoms with Crippen molar-refractivity contribution in [2.75, 3.05) is 40.1 Å². The standard InChI is InChI=1S/C58H75N7O30/c1-26(67)43(56(84)85-7)65-52(80)35(18-19-41(74)75)63-53(81)36(20-42(76)77)62-40(73)21-60-51(79)37(22-66)64-50(78)34(59)23-88-57-44(61-27(2)68)47(94-55(83)33-16-12-9-13-17-33)45(39(92-57)25-87-54(82)32-14-10-8-11-15-32)95-58-49(91-31(6)72)48(90-30(5)71)46(89-29(4)70)38(93-58)24-86-28(3)69/h8-17,26,34-39,43-49,57-58,66-67H,18-25,59H2,1-7H3,(H,60,79)(H,61,68)(H,62,73)(H,63,81)(H,64,78)(H,65,80)(H,74,75)(H,76,77)/t26-,34+,35+,36+,37+,38-,39-,43+,44-,45+,46+,47-,48+,49-,57-,58+/m1/s1. The molecule has 12 N–H and O–H groups in total. The van der Waals surface area contributed by atoms with Crippen LogP contribution in [0, 0.1) is 0 Å². The largest absolute Gasteiger partial charge is 0.481 e. The van der Waals surface area contributed by atoms with Gasteiger partial charge >= 0.3 is 53.7 Å². The van der Waals surface area contributed by atoms with Gasteiger partial charge < -0.3 is 110 Å². The Kier molecular flexibility index (Phi) is 30.9. The predicted octanol–water partition coefficient (Wildman–Crippen LogP) is -4.95. The van der Waals surface area contributed by atoms with Crippen LogP contribution in [-0.2, 0) is 114 Å². The maximum Gasteiger partial charge on any atom is 0.338 e. The van der Waals surface area contributed by atoms with E-state index >= 15 is 0 Å². The number of aliphatic hydroxyl groups excluding tert-OH is 2. The molecule has 4 rings (SSSR count). The third kappa shape index (κ3) is 24.9. The van der Waals surface area contributed by atoms with Gasteiger partial charge in [0, 0.05) is 41.0 Å². The second-order valence-electron chi connectivity index (χ2n) is 21.0. The van der Waals surface area contributed by atoms with Crippen molar-refractivity contribution in [2.24, 2.45) is 5.73 Å². The maximum atomic E-state index is 14.2. The molecule has 6 amide bonds. The normalized spacial score (nSPS) is 22.4. The summed E-state index contributed by atoms with van der Waals surface area (Å²) < 4.78 is 63.3. The lowest BCUT2D eigenvalue weighted by molar-refractivity contribution is -0.349.